The highest BCUT2D eigenvalue weighted by atomic mass is 32.2. The maximum absolute atomic E-state index is 13.1. The van der Waals surface area contributed by atoms with Crippen molar-refractivity contribution in [1.82, 2.24) is 9.62 Å². The lowest BCUT2D eigenvalue weighted by molar-refractivity contribution is -0.120. The number of nitrogens with zero attached hydrogens (tertiary/aromatic N) is 1. The van der Waals surface area contributed by atoms with E-state index < -0.39 is 10.0 Å². The van der Waals surface area contributed by atoms with Crippen molar-refractivity contribution in [2.45, 2.75) is 29.4 Å². The molecule has 1 aromatic heterocycles. The zero-order chi connectivity index (χ0) is 19.7. The van der Waals surface area contributed by atoms with Gasteiger partial charge in [-0.3, -0.25) is 4.79 Å². The standard InChI is InChI=1S/C20H22N2O4S2/c1-2-18(23)21-19-12-15-10-11-22(13-16(15)26-19)28(24,25)20-9-8-17(27-20)14-6-4-3-5-7-14/h2-9,15-16,19H,1,10-13H2,(H,21,23). The minimum Gasteiger partial charge on any atom is -0.354 e. The molecule has 2 fully saturated rings. The van der Waals surface area contributed by atoms with Gasteiger partial charge in [0.25, 0.3) is 10.0 Å². The van der Waals surface area contributed by atoms with Crippen molar-refractivity contribution in [2.75, 3.05) is 13.1 Å². The summed E-state index contributed by atoms with van der Waals surface area (Å²) in [6.07, 6.45) is 2.06. The highest BCUT2D eigenvalue weighted by Gasteiger charge is 2.42. The van der Waals surface area contributed by atoms with E-state index in [4.69, 9.17) is 4.74 Å². The summed E-state index contributed by atoms with van der Waals surface area (Å²) in [6, 6.07) is 13.3. The van der Waals surface area contributed by atoms with Crippen molar-refractivity contribution in [3.63, 3.8) is 0 Å². The van der Waals surface area contributed by atoms with Crippen LogP contribution in [0.2, 0.25) is 0 Å². The van der Waals surface area contributed by atoms with Crippen molar-refractivity contribution in [1.29, 1.82) is 0 Å². The molecule has 0 aliphatic carbocycles. The van der Waals surface area contributed by atoms with Crippen LogP contribution in [-0.2, 0) is 19.6 Å². The molecule has 0 radical (unpaired) electrons. The summed E-state index contributed by atoms with van der Waals surface area (Å²) in [5.41, 5.74) is 1.01. The lowest BCUT2D eigenvalue weighted by Crippen LogP contribution is -2.45. The van der Waals surface area contributed by atoms with Crippen molar-refractivity contribution < 1.29 is 17.9 Å². The second-order valence-electron chi connectivity index (χ2n) is 7.01. The van der Waals surface area contributed by atoms with E-state index in [1.807, 2.05) is 36.4 Å². The molecular weight excluding hydrogens is 396 g/mol. The predicted molar refractivity (Wildman–Crippen MR) is 108 cm³/mol. The molecule has 2 saturated heterocycles. The number of rotatable bonds is 5. The average molecular weight is 419 g/mol. The van der Waals surface area contributed by atoms with Gasteiger partial charge in [-0.2, -0.15) is 4.31 Å². The van der Waals surface area contributed by atoms with E-state index in [1.54, 1.807) is 6.07 Å². The van der Waals surface area contributed by atoms with Gasteiger partial charge >= 0.3 is 0 Å². The number of ether oxygens (including phenoxy) is 1. The number of sulfonamides is 1. The van der Waals surface area contributed by atoms with Crippen molar-refractivity contribution in [3.05, 3.63) is 55.1 Å². The molecule has 0 saturated carbocycles. The van der Waals surface area contributed by atoms with Gasteiger partial charge in [0.15, 0.2) is 0 Å². The fourth-order valence-electron chi connectivity index (χ4n) is 3.77. The van der Waals surface area contributed by atoms with E-state index in [0.29, 0.717) is 23.7 Å². The van der Waals surface area contributed by atoms with Crippen LogP contribution in [0.25, 0.3) is 10.4 Å². The molecule has 2 aliphatic heterocycles. The van der Waals surface area contributed by atoms with Gasteiger partial charge in [-0.1, -0.05) is 36.9 Å². The number of fused-ring (bicyclic) bond motifs is 1. The van der Waals surface area contributed by atoms with Gasteiger partial charge in [-0.15, -0.1) is 11.3 Å². The number of hydrogen-bond acceptors (Lipinski definition) is 5. The summed E-state index contributed by atoms with van der Waals surface area (Å²) in [5, 5.41) is 2.75. The van der Waals surface area contributed by atoms with Crippen LogP contribution in [0.15, 0.2) is 59.3 Å². The van der Waals surface area contributed by atoms with Gasteiger partial charge in [-0.05, 0) is 42.5 Å². The topological polar surface area (TPSA) is 75.7 Å². The summed E-state index contributed by atoms with van der Waals surface area (Å²) in [5.74, 6) is -0.0232. The Balaban J connectivity index is 1.47. The minimum absolute atomic E-state index is 0.202. The van der Waals surface area contributed by atoms with E-state index >= 15 is 0 Å². The van der Waals surface area contributed by atoms with Gasteiger partial charge < -0.3 is 10.1 Å². The number of hydrogen-bond donors (Lipinski definition) is 1. The largest absolute Gasteiger partial charge is 0.354 e. The van der Waals surface area contributed by atoms with Crippen LogP contribution in [0.1, 0.15) is 12.8 Å². The Bertz CT molecular complexity index is 971. The summed E-state index contributed by atoms with van der Waals surface area (Å²) in [6.45, 7) is 4.22. The van der Waals surface area contributed by atoms with Crippen LogP contribution in [0, 0.1) is 5.92 Å². The Morgan fingerprint density at radius 3 is 2.79 bits per heavy atom. The molecule has 3 atom stereocenters. The number of thiophene rings is 1. The third-order valence-corrected chi connectivity index (χ3v) is 8.70. The van der Waals surface area contributed by atoms with Crippen molar-refractivity contribution in [2.24, 2.45) is 5.92 Å². The first kappa shape index (κ1) is 19.3. The van der Waals surface area contributed by atoms with E-state index in [-0.39, 0.29) is 24.2 Å². The lowest BCUT2D eigenvalue weighted by atomic mass is 9.94. The number of nitrogens with one attached hydrogen (secondary N) is 1. The number of piperidine rings is 1. The quantitative estimate of drug-likeness (QED) is 0.758. The first-order valence-corrected chi connectivity index (χ1v) is 11.5. The maximum Gasteiger partial charge on any atom is 0.252 e. The molecule has 1 N–H and O–H groups in total. The zero-order valence-electron chi connectivity index (χ0n) is 15.3. The molecule has 0 spiro atoms. The molecule has 3 unspecified atom stereocenters. The molecule has 6 nitrogen and oxygen atoms in total. The first-order valence-electron chi connectivity index (χ1n) is 9.21. The van der Waals surface area contributed by atoms with Crippen LogP contribution in [0.3, 0.4) is 0 Å². The fourth-order valence-corrected chi connectivity index (χ4v) is 6.71. The average Bonchev–Trinajstić information content (AvgIpc) is 3.35. The highest BCUT2D eigenvalue weighted by molar-refractivity contribution is 7.91. The van der Waals surface area contributed by atoms with Gasteiger partial charge in [0.05, 0.1) is 6.10 Å². The maximum atomic E-state index is 13.1. The van der Waals surface area contributed by atoms with Gasteiger partial charge in [0.2, 0.25) is 5.91 Å². The fraction of sp³-hybridized carbons (Fsp3) is 0.350. The summed E-state index contributed by atoms with van der Waals surface area (Å²) in [4.78, 5) is 12.4. The van der Waals surface area contributed by atoms with E-state index in [2.05, 4.69) is 11.9 Å². The van der Waals surface area contributed by atoms with Crippen molar-refractivity contribution >= 4 is 27.3 Å². The first-order chi connectivity index (χ1) is 13.5. The smallest absolute Gasteiger partial charge is 0.252 e. The molecule has 2 aliphatic rings. The Hall–Kier alpha value is -2.00. The van der Waals surface area contributed by atoms with Gasteiger partial charge in [0, 0.05) is 18.0 Å². The molecule has 8 heteroatoms. The van der Waals surface area contributed by atoms with Gasteiger partial charge in [0.1, 0.15) is 10.4 Å². The molecule has 28 heavy (non-hydrogen) atoms. The second-order valence-corrected chi connectivity index (χ2v) is 10.3. The molecule has 148 valence electrons. The molecule has 4 rings (SSSR count). The number of carbonyl (C=O) groups is 1. The normalized spacial score (nSPS) is 25.2. The second kappa shape index (κ2) is 7.79. The Morgan fingerprint density at radius 1 is 1.25 bits per heavy atom. The number of amides is 1. The third kappa shape index (κ3) is 3.77. The van der Waals surface area contributed by atoms with Crippen LogP contribution in [0.4, 0.5) is 0 Å². The summed E-state index contributed by atoms with van der Waals surface area (Å²) in [7, 11) is -3.56. The monoisotopic (exact) mass is 418 g/mol. The van der Waals surface area contributed by atoms with E-state index in [9.17, 15) is 13.2 Å². The number of carbonyl (C=O) groups excluding carboxylic acids is 1. The van der Waals surface area contributed by atoms with E-state index in [0.717, 1.165) is 16.9 Å². The highest BCUT2D eigenvalue weighted by Crippen LogP contribution is 2.37. The SMILES string of the molecule is C=CC(=O)NC1CC2CCN(S(=O)(=O)c3ccc(-c4ccccc4)s3)CC2O1. The van der Waals surface area contributed by atoms with Crippen LogP contribution < -0.4 is 5.32 Å². The third-order valence-electron chi connectivity index (χ3n) is 5.24. The molecule has 0 bridgehead atoms. The molecule has 2 aromatic rings. The summed E-state index contributed by atoms with van der Waals surface area (Å²) >= 11 is 1.29. The molecule has 3 heterocycles. The summed E-state index contributed by atoms with van der Waals surface area (Å²) < 4.78 is 34.0. The molecular formula is C20H22N2O4S2. The van der Waals surface area contributed by atoms with Crippen LogP contribution >= 0.6 is 11.3 Å². The Morgan fingerprint density at radius 2 is 2.04 bits per heavy atom. The van der Waals surface area contributed by atoms with Crippen LogP contribution in [-0.4, -0.2) is 44.1 Å². The lowest BCUT2D eigenvalue weighted by Gasteiger charge is -2.32. The Labute approximate surface area is 168 Å². The van der Waals surface area contributed by atoms with Gasteiger partial charge in [-0.25, -0.2) is 8.42 Å². The number of benzene rings is 1. The van der Waals surface area contributed by atoms with Crippen LogP contribution in [0.5, 0.6) is 0 Å². The molecule has 1 amide bonds. The van der Waals surface area contributed by atoms with E-state index in [1.165, 1.54) is 21.7 Å². The zero-order valence-corrected chi connectivity index (χ0v) is 16.9. The minimum atomic E-state index is -3.56. The van der Waals surface area contributed by atoms with Crippen molar-refractivity contribution in [3.8, 4) is 10.4 Å². The molecule has 1 aromatic carbocycles. The Kier molecular flexibility index (Phi) is 5.37. The predicted octanol–water partition coefficient (Wildman–Crippen LogP) is 2.84.